The van der Waals surface area contributed by atoms with E-state index in [2.05, 4.69) is 22.5 Å². The van der Waals surface area contributed by atoms with Crippen molar-refractivity contribution in [2.24, 2.45) is 10.4 Å². The van der Waals surface area contributed by atoms with E-state index in [-0.39, 0.29) is 29.7 Å². The van der Waals surface area contributed by atoms with Crippen molar-refractivity contribution in [3.05, 3.63) is 0 Å². The fourth-order valence-corrected chi connectivity index (χ4v) is 3.54. The molecule has 0 aromatic heterocycles. The summed E-state index contributed by atoms with van der Waals surface area (Å²) < 4.78 is 24.7. The molecule has 1 rings (SSSR count). The van der Waals surface area contributed by atoms with Gasteiger partial charge in [-0.15, -0.1) is 24.0 Å². The molecule has 1 saturated carbocycles. The highest BCUT2D eigenvalue weighted by Gasteiger charge is 2.34. The highest BCUT2D eigenvalue weighted by Crippen LogP contribution is 2.42. The van der Waals surface area contributed by atoms with Crippen LogP contribution in [0.1, 0.15) is 46.0 Å². The summed E-state index contributed by atoms with van der Waals surface area (Å²) in [5.41, 5.74) is 0.451. The second kappa shape index (κ2) is 10.7. The van der Waals surface area contributed by atoms with Gasteiger partial charge in [0.2, 0.25) is 10.0 Å². The summed E-state index contributed by atoms with van der Waals surface area (Å²) >= 11 is 0. The molecule has 138 valence electrons. The lowest BCUT2D eigenvalue weighted by Crippen LogP contribution is -2.46. The third-order valence-electron chi connectivity index (χ3n) is 4.80. The molecule has 0 aliphatic heterocycles. The minimum atomic E-state index is -3.07. The molecule has 0 bridgehead atoms. The number of halogens is 1. The molecule has 1 fully saturated rings. The van der Waals surface area contributed by atoms with Crippen molar-refractivity contribution >= 4 is 40.0 Å². The lowest BCUT2D eigenvalue weighted by atomic mass is 9.67. The van der Waals surface area contributed by atoms with Crippen LogP contribution in [0.25, 0.3) is 0 Å². The topological polar surface area (TPSA) is 73.8 Å². The number of aliphatic imine (C=N–C) groups is 1. The normalized spacial score (nSPS) is 17.3. The molecule has 23 heavy (non-hydrogen) atoms. The third kappa shape index (κ3) is 7.13. The van der Waals surface area contributed by atoms with Crippen LogP contribution in [-0.2, 0) is 10.0 Å². The molecule has 2 N–H and O–H groups in total. The van der Waals surface area contributed by atoms with Gasteiger partial charge in [-0.3, -0.25) is 4.99 Å². The molecule has 0 saturated heterocycles. The van der Waals surface area contributed by atoms with Crippen molar-refractivity contribution < 1.29 is 8.42 Å². The largest absolute Gasteiger partial charge is 0.356 e. The zero-order valence-corrected chi connectivity index (χ0v) is 18.0. The van der Waals surface area contributed by atoms with E-state index in [1.807, 2.05) is 0 Å². The second-order valence-corrected chi connectivity index (χ2v) is 8.50. The fourth-order valence-electron chi connectivity index (χ4n) is 2.69. The van der Waals surface area contributed by atoms with Gasteiger partial charge >= 0.3 is 0 Å². The smallest absolute Gasteiger partial charge is 0.213 e. The first-order valence-corrected chi connectivity index (χ1v) is 9.88. The number of rotatable bonds is 9. The van der Waals surface area contributed by atoms with Crippen molar-refractivity contribution in [1.29, 1.82) is 0 Å². The van der Waals surface area contributed by atoms with Gasteiger partial charge in [-0.1, -0.05) is 13.3 Å². The lowest BCUT2D eigenvalue weighted by molar-refractivity contribution is 0.131. The van der Waals surface area contributed by atoms with E-state index in [0.717, 1.165) is 18.9 Å². The van der Waals surface area contributed by atoms with E-state index in [4.69, 9.17) is 0 Å². The Balaban J connectivity index is 0.00000484. The number of guanidine groups is 1. The Bertz CT molecular complexity index is 459. The molecule has 0 aromatic rings. The molecule has 0 aromatic carbocycles. The van der Waals surface area contributed by atoms with Gasteiger partial charge in [0.25, 0.3) is 0 Å². The molecule has 0 heterocycles. The van der Waals surface area contributed by atoms with Crippen LogP contribution in [0.2, 0.25) is 0 Å². The monoisotopic (exact) mass is 460 g/mol. The summed E-state index contributed by atoms with van der Waals surface area (Å²) in [6.07, 6.45) is 5.89. The molecule has 1 aliphatic rings. The van der Waals surface area contributed by atoms with Crippen LogP contribution in [0, 0.1) is 5.41 Å². The standard InChI is InChI=1S/C15H32N4O2S.HI/c1-5-15(9-7-10-15)13-18-14(16-3)17-11-8-12-19(4)22(20,21)6-2;/h5-13H2,1-4H3,(H2,16,17,18);1H. The first-order valence-electron chi connectivity index (χ1n) is 8.27. The molecule has 1 aliphatic carbocycles. The maximum Gasteiger partial charge on any atom is 0.213 e. The molecule has 0 spiro atoms. The van der Waals surface area contributed by atoms with Crippen LogP contribution in [0.4, 0.5) is 0 Å². The van der Waals surface area contributed by atoms with Gasteiger partial charge in [0.15, 0.2) is 5.96 Å². The van der Waals surface area contributed by atoms with Crippen LogP contribution in [-0.4, -0.2) is 58.2 Å². The summed E-state index contributed by atoms with van der Waals surface area (Å²) in [6, 6.07) is 0. The maximum atomic E-state index is 11.6. The average molecular weight is 460 g/mol. The van der Waals surface area contributed by atoms with Gasteiger partial charge in [0.1, 0.15) is 0 Å². The van der Waals surface area contributed by atoms with Crippen molar-refractivity contribution in [3.63, 3.8) is 0 Å². The lowest BCUT2D eigenvalue weighted by Gasteiger charge is -2.41. The summed E-state index contributed by atoms with van der Waals surface area (Å²) in [5, 5.41) is 6.66. The van der Waals surface area contributed by atoms with E-state index < -0.39 is 10.0 Å². The fraction of sp³-hybridized carbons (Fsp3) is 0.933. The molecular formula is C15H33IN4O2S. The van der Waals surface area contributed by atoms with E-state index in [1.54, 1.807) is 21.0 Å². The molecule has 0 unspecified atom stereocenters. The highest BCUT2D eigenvalue weighted by molar-refractivity contribution is 14.0. The SMILES string of the molecule is CCC1(CNC(=NC)NCCCN(C)S(=O)(=O)CC)CCC1.I. The number of sulfonamides is 1. The minimum absolute atomic E-state index is 0. The van der Waals surface area contributed by atoms with Crippen LogP contribution in [0.3, 0.4) is 0 Å². The van der Waals surface area contributed by atoms with Crippen LogP contribution in [0.15, 0.2) is 4.99 Å². The van der Waals surface area contributed by atoms with E-state index in [9.17, 15) is 8.42 Å². The van der Waals surface area contributed by atoms with E-state index in [1.165, 1.54) is 30.0 Å². The third-order valence-corrected chi connectivity index (χ3v) is 6.66. The van der Waals surface area contributed by atoms with Crippen molar-refractivity contribution in [2.75, 3.05) is 39.5 Å². The Labute approximate surface area is 159 Å². The summed E-state index contributed by atoms with van der Waals surface area (Å²) in [7, 11) is 0.325. The average Bonchev–Trinajstić information content (AvgIpc) is 2.48. The number of hydrogen-bond donors (Lipinski definition) is 2. The minimum Gasteiger partial charge on any atom is -0.356 e. The molecule has 0 amide bonds. The molecular weight excluding hydrogens is 427 g/mol. The van der Waals surface area contributed by atoms with Crippen molar-refractivity contribution in [3.8, 4) is 0 Å². The predicted molar refractivity (Wildman–Crippen MR) is 108 cm³/mol. The van der Waals surface area contributed by atoms with Crippen molar-refractivity contribution in [1.82, 2.24) is 14.9 Å². The Morgan fingerprint density at radius 2 is 1.91 bits per heavy atom. The van der Waals surface area contributed by atoms with Crippen LogP contribution in [0.5, 0.6) is 0 Å². The zero-order chi connectivity index (χ0) is 16.6. The molecule has 8 heteroatoms. The van der Waals surface area contributed by atoms with Gasteiger partial charge < -0.3 is 10.6 Å². The predicted octanol–water partition coefficient (Wildman–Crippen LogP) is 2.02. The second-order valence-electron chi connectivity index (χ2n) is 6.14. The summed E-state index contributed by atoms with van der Waals surface area (Å²) in [6.45, 7) is 6.12. The maximum absolute atomic E-state index is 11.6. The van der Waals surface area contributed by atoms with Gasteiger partial charge in [0.05, 0.1) is 5.75 Å². The van der Waals surface area contributed by atoms with Gasteiger partial charge in [-0.05, 0) is 38.0 Å². The van der Waals surface area contributed by atoms with Gasteiger partial charge in [0, 0.05) is 33.7 Å². The Morgan fingerprint density at radius 1 is 1.26 bits per heavy atom. The Hall–Kier alpha value is -0.0900. The highest BCUT2D eigenvalue weighted by atomic mass is 127. The van der Waals surface area contributed by atoms with Gasteiger partial charge in [-0.25, -0.2) is 12.7 Å². The Kier molecular flexibility index (Phi) is 10.7. The van der Waals surface area contributed by atoms with E-state index >= 15 is 0 Å². The molecule has 6 nitrogen and oxygen atoms in total. The van der Waals surface area contributed by atoms with E-state index in [0.29, 0.717) is 18.5 Å². The molecule has 0 atom stereocenters. The van der Waals surface area contributed by atoms with Crippen molar-refractivity contribution in [2.45, 2.75) is 46.0 Å². The van der Waals surface area contributed by atoms with Gasteiger partial charge in [-0.2, -0.15) is 0 Å². The first kappa shape index (κ1) is 22.9. The first-order chi connectivity index (χ1) is 10.4. The van der Waals surface area contributed by atoms with Crippen LogP contribution >= 0.6 is 24.0 Å². The number of nitrogens with zero attached hydrogens (tertiary/aromatic N) is 2. The number of hydrogen-bond acceptors (Lipinski definition) is 3. The quantitative estimate of drug-likeness (QED) is 0.239. The van der Waals surface area contributed by atoms with Crippen LogP contribution < -0.4 is 10.6 Å². The number of nitrogens with one attached hydrogen (secondary N) is 2. The zero-order valence-electron chi connectivity index (χ0n) is 14.9. The summed E-state index contributed by atoms with van der Waals surface area (Å²) in [4.78, 5) is 4.23. The summed E-state index contributed by atoms with van der Waals surface area (Å²) in [5.74, 6) is 0.958. The Morgan fingerprint density at radius 3 is 2.35 bits per heavy atom. The molecule has 0 radical (unpaired) electrons.